The third kappa shape index (κ3) is 8.06. The fourth-order valence-electron chi connectivity index (χ4n) is 2.42. The highest BCUT2D eigenvalue weighted by molar-refractivity contribution is 9.10. The second-order valence-corrected chi connectivity index (χ2v) is 8.55. The lowest BCUT2D eigenvalue weighted by molar-refractivity contribution is 0.0483. The maximum Gasteiger partial charge on any atom is 0.407 e. The Bertz CT molecular complexity index is 812. The minimum absolute atomic E-state index is 0.200. The Hall–Kier alpha value is -2.06. The smallest absolute Gasteiger partial charge is 0.407 e. The number of carbonyl (C=O) groups excluding carboxylic acids is 1. The van der Waals surface area contributed by atoms with Crippen molar-refractivity contribution >= 4 is 33.6 Å². The number of carbonyl (C=O) groups is 1. The second-order valence-electron chi connectivity index (χ2n) is 7.32. The normalized spacial score (nSPS) is 12.2. The summed E-state index contributed by atoms with van der Waals surface area (Å²) >= 11 is 9.31. The fraction of sp³-hybridized carbons (Fsp3) is 0.450. The van der Waals surface area contributed by atoms with E-state index in [2.05, 4.69) is 31.2 Å². The van der Waals surface area contributed by atoms with Crippen molar-refractivity contribution in [3.63, 3.8) is 0 Å². The van der Waals surface area contributed by atoms with Crippen LogP contribution in [0.25, 0.3) is 0 Å². The van der Waals surface area contributed by atoms with Gasteiger partial charge in [-0.2, -0.15) is 0 Å². The molecule has 1 N–H and O–H groups in total. The number of alkyl carbamates (subject to hydrolysis) is 1. The highest BCUT2D eigenvalue weighted by atomic mass is 79.9. The number of hydrogen-bond acceptors (Lipinski definition) is 6. The van der Waals surface area contributed by atoms with E-state index in [1.165, 1.54) is 13.4 Å². The van der Waals surface area contributed by atoms with E-state index in [4.69, 9.17) is 25.8 Å². The average Bonchev–Trinajstić information content (AvgIpc) is 2.64. The van der Waals surface area contributed by atoms with Gasteiger partial charge in [0.15, 0.2) is 0 Å². The molecule has 9 heteroatoms. The van der Waals surface area contributed by atoms with Crippen LogP contribution in [0.3, 0.4) is 0 Å². The lowest BCUT2D eigenvalue weighted by Crippen LogP contribution is -2.42. The van der Waals surface area contributed by atoms with Gasteiger partial charge < -0.3 is 19.5 Å². The van der Waals surface area contributed by atoms with Crippen LogP contribution in [0, 0.1) is 0 Å². The minimum atomic E-state index is -0.589. The Balaban J connectivity index is 2.04. The van der Waals surface area contributed by atoms with Crippen LogP contribution in [-0.4, -0.2) is 41.4 Å². The first-order chi connectivity index (χ1) is 13.7. The summed E-state index contributed by atoms with van der Waals surface area (Å²) in [5, 5.41) is 3.55. The van der Waals surface area contributed by atoms with E-state index >= 15 is 0 Å². The Morgan fingerprint density at radius 3 is 2.48 bits per heavy atom. The van der Waals surface area contributed by atoms with Crippen LogP contribution >= 0.6 is 27.5 Å². The first-order valence-corrected chi connectivity index (χ1v) is 10.3. The molecule has 2 aromatic rings. The fourth-order valence-corrected chi connectivity index (χ4v) is 3.03. The van der Waals surface area contributed by atoms with E-state index < -0.39 is 11.7 Å². The highest BCUT2D eigenvalue weighted by Gasteiger charge is 2.21. The number of rotatable bonds is 8. The van der Waals surface area contributed by atoms with Gasteiger partial charge in [-0.3, -0.25) is 0 Å². The zero-order chi connectivity index (χ0) is 21.4. The number of aromatic nitrogens is 2. The lowest BCUT2D eigenvalue weighted by Gasteiger charge is -2.24. The molecule has 0 saturated carbocycles. The molecule has 1 aromatic carbocycles. The molecule has 0 aliphatic carbocycles. The van der Waals surface area contributed by atoms with Gasteiger partial charge in [-0.25, -0.2) is 14.8 Å². The summed E-state index contributed by atoms with van der Waals surface area (Å²) in [6, 6.07) is 7.30. The topological polar surface area (TPSA) is 82.6 Å². The summed E-state index contributed by atoms with van der Waals surface area (Å²) in [6.07, 6.45) is 2.22. The number of nitrogens with zero attached hydrogens (tertiary/aromatic N) is 2. The zero-order valence-corrected chi connectivity index (χ0v) is 19.2. The van der Waals surface area contributed by atoms with E-state index in [0.29, 0.717) is 27.7 Å². The van der Waals surface area contributed by atoms with Crippen molar-refractivity contribution in [1.29, 1.82) is 0 Å². The summed E-state index contributed by atoms with van der Waals surface area (Å²) < 4.78 is 16.8. The van der Waals surface area contributed by atoms with Gasteiger partial charge in [0.05, 0.1) is 13.2 Å². The van der Waals surface area contributed by atoms with Crippen molar-refractivity contribution in [2.75, 3.05) is 13.7 Å². The highest BCUT2D eigenvalue weighted by Crippen LogP contribution is 2.29. The molecule has 7 nitrogen and oxygen atoms in total. The maximum atomic E-state index is 12.2. The van der Waals surface area contributed by atoms with Crippen molar-refractivity contribution in [3.05, 3.63) is 45.7 Å². The zero-order valence-electron chi connectivity index (χ0n) is 16.9. The molecule has 1 heterocycles. The maximum absolute atomic E-state index is 12.2. The monoisotopic (exact) mass is 485 g/mol. The van der Waals surface area contributed by atoms with E-state index in [1.54, 1.807) is 0 Å². The van der Waals surface area contributed by atoms with Crippen molar-refractivity contribution in [1.82, 2.24) is 15.3 Å². The Morgan fingerprint density at radius 2 is 1.86 bits per heavy atom. The first-order valence-electron chi connectivity index (χ1n) is 9.09. The molecule has 0 bridgehead atoms. The molecule has 0 fully saturated rings. The van der Waals surface area contributed by atoms with Gasteiger partial charge in [0.2, 0.25) is 11.8 Å². The van der Waals surface area contributed by atoms with Crippen molar-refractivity contribution < 1.29 is 19.0 Å². The molecule has 0 saturated heterocycles. The van der Waals surface area contributed by atoms with Gasteiger partial charge >= 0.3 is 6.09 Å². The molecule has 1 atom stereocenters. The van der Waals surface area contributed by atoms with Crippen LogP contribution in [0.15, 0.2) is 35.1 Å². The summed E-state index contributed by atoms with van der Waals surface area (Å²) in [6.45, 7) is 5.65. The van der Waals surface area contributed by atoms with Crippen molar-refractivity contribution in [2.24, 2.45) is 0 Å². The average molecular weight is 487 g/mol. The number of amides is 1. The third-order valence-corrected chi connectivity index (χ3v) is 4.69. The number of aryl methyl sites for hydroxylation is 1. The van der Waals surface area contributed by atoms with Crippen LogP contribution in [0.5, 0.6) is 11.8 Å². The van der Waals surface area contributed by atoms with Gasteiger partial charge in [-0.1, -0.05) is 23.7 Å². The van der Waals surface area contributed by atoms with Crippen LogP contribution in [-0.2, 0) is 11.2 Å². The Labute approximate surface area is 184 Å². The van der Waals surface area contributed by atoms with Crippen molar-refractivity contribution in [3.8, 4) is 11.8 Å². The molecule has 0 spiro atoms. The van der Waals surface area contributed by atoms with E-state index in [9.17, 15) is 4.79 Å². The Morgan fingerprint density at radius 1 is 1.21 bits per heavy atom. The molecule has 1 amide bonds. The number of ether oxygens (including phenoxy) is 3. The summed E-state index contributed by atoms with van der Waals surface area (Å²) in [5.74, 6) is 0.701. The molecular weight excluding hydrogens is 462 g/mol. The molecule has 2 rings (SSSR count). The number of methoxy groups -OCH3 is 1. The minimum Gasteiger partial charge on any atom is -0.480 e. The van der Waals surface area contributed by atoms with E-state index in [-0.39, 0.29) is 12.6 Å². The van der Waals surface area contributed by atoms with Crippen LogP contribution in [0.4, 0.5) is 4.79 Å². The number of halogens is 2. The van der Waals surface area contributed by atoms with Gasteiger partial charge in [0, 0.05) is 5.02 Å². The summed E-state index contributed by atoms with van der Waals surface area (Å²) in [4.78, 5) is 20.3. The largest absolute Gasteiger partial charge is 0.480 e. The number of benzene rings is 1. The quantitative estimate of drug-likeness (QED) is 0.577. The van der Waals surface area contributed by atoms with E-state index in [1.807, 2.05) is 45.0 Å². The first kappa shape index (κ1) is 23.2. The van der Waals surface area contributed by atoms with Gasteiger partial charge in [-0.05, 0) is 67.2 Å². The Kier molecular flexibility index (Phi) is 8.52. The van der Waals surface area contributed by atoms with Crippen LogP contribution in [0.1, 0.15) is 32.8 Å². The standard InChI is InChI=1S/C20H25BrClN3O4/c1-20(2,3)29-19(26)25-15(10-7-13-5-8-14(22)9-6-13)11-28-18-16(21)17(27-4)23-12-24-18/h5-6,8-9,12,15H,7,10-11H2,1-4H3,(H,25,26)/t15-/m1/s1. The van der Waals surface area contributed by atoms with Gasteiger partial charge in [0.1, 0.15) is 23.0 Å². The van der Waals surface area contributed by atoms with E-state index in [0.717, 1.165) is 12.0 Å². The predicted octanol–water partition coefficient (Wildman–Crippen LogP) is 4.81. The molecule has 0 unspecified atom stereocenters. The molecular formula is C20H25BrClN3O4. The molecule has 0 aliphatic heterocycles. The summed E-state index contributed by atoms with van der Waals surface area (Å²) in [7, 11) is 1.51. The van der Waals surface area contributed by atoms with Gasteiger partial charge in [0.25, 0.3) is 0 Å². The molecule has 1 aromatic heterocycles. The predicted molar refractivity (Wildman–Crippen MR) is 115 cm³/mol. The molecule has 0 radical (unpaired) electrons. The SMILES string of the molecule is COc1ncnc(OC[C@@H](CCc2ccc(Cl)cc2)NC(=O)OC(C)(C)C)c1Br. The second kappa shape index (κ2) is 10.6. The number of hydrogen-bond donors (Lipinski definition) is 1. The van der Waals surface area contributed by atoms with Crippen LogP contribution < -0.4 is 14.8 Å². The van der Waals surface area contributed by atoms with Crippen molar-refractivity contribution in [2.45, 2.75) is 45.3 Å². The van der Waals surface area contributed by atoms with Gasteiger partial charge in [-0.15, -0.1) is 0 Å². The third-order valence-electron chi connectivity index (χ3n) is 3.76. The molecule has 29 heavy (non-hydrogen) atoms. The number of nitrogens with one attached hydrogen (secondary N) is 1. The lowest BCUT2D eigenvalue weighted by atomic mass is 10.1. The summed E-state index contributed by atoms with van der Waals surface area (Å²) in [5.41, 5.74) is 0.518. The van der Waals surface area contributed by atoms with Crippen LogP contribution in [0.2, 0.25) is 5.02 Å². The molecule has 0 aliphatic rings. The molecule has 158 valence electrons.